The summed E-state index contributed by atoms with van der Waals surface area (Å²) in [5.74, 6) is 0. The van der Waals surface area contributed by atoms with E-state index in [0.717, 1.165) is 16.7 Å². The molecule has 0 bridgehead atoms. The van der Waals surface area contributed by atoms with Gasteiger partial charge in [0, 0.05) is 12.6 Å². The molecule has 0 aliphatic carbocycles. The summed E-state index contributed by atoms with van der Waals surface area (Å²) in [4.78, 5) is 8.63. The normalized spacial score (nSPS) is 10.4. The lowest BCUT2D eigenvalue weighted by atomic mass is 10.3. The molecule has 0 aliphatic heterocycles. The van der Waals surface area contributed by atoms with Crippen LogP contribution in [0.3, 0.4) is 0 Å². The van der Waals surface area contributed by atoms with Crippen LogP contribution in [0.15, 0.2) is 30.5 Å². The first-order valence-corrected chi connectivity index (χ1v) is 3.91. The Balaban J connectivity index is 2.67. The van der Waals surface area contributed by atoms with Gasteiger partial charge >= 0.3 is 0 Å². The van der Waals surface area contributed by atoms with Crippen LogP contribution in [0.2, 0.25) is 0 Å². The van der Waals surface area contributed by atoms with Gasteiger partial charge in [-0.05, 0) is 12.1 Å². The lowest BCUT2D eigenvalue weighted by Crippen LogP contribution is -1.88. The molecule has 59 valence electrons. The molecule has 0 fully saturated rings. The second kappa shape index (κ2) is 2.89. The van der Waals surface area contributed by atoms with Crippen molar-refractivity contribution in [3.8, 4) is 0 Å². The van der Waals surface area contributed by atoms with Gasteiger partial charge in [-0.15, -0.1) is 0 Å². The van der Waals surface area contributed by atoms with Gasteiger partial charge in [-0.1, -0.05) is 19.1 Å². The molecule has 0 spiro atoms. The molecule has 0 atom stereocenters. The van der Waals surface area contributed by atoms with Crippen molar-refractivity contribution in [2.75, 3.05) is 0 Å². The molecule has 1 aromatic heterocycles. The highest BCUT2D eigenvalue weighted by molar-refractivity contribution is 5.73. The van der Waals surface area contributed by atoms with Crippen LogP contribution in [0, 0.1) is 6.42 Å². The van der Waals surface area contributed by atoms with Gasteiger partial charge in [0.15, 0.2) is 0 Å². The fourth-order valence-corrected chi connectivity index (χ4v) is 1.11. The van der Waals surface area contributed by atoms with Gasteiger partial charge in [0.25, 0.3) is 0 Å². The highest BCUT2D eigenvalue weighted by atomic mass is 14.8. The first-order valence-electron chi connectivity index (χ1n) is 3.91. The Bertz CT molecular complexity index is 396. The number of aromatic nitrogens is 2. The monoisotopic (exact) mass is 157 g/mol. The Kier molecular flexibility index (Phi) is 1.74. The minimum atomic E-state index is 0.925. The van der Waals surface area contributed by atoms with E-state index in [1.165, 1.54) is 0 Å². The number of nitrogens with zero attached hydrogens (tertiary/aromatic N) is 2. The third-order valence-electron chi connectivity index (χ3n) is 1.76. The van der Waals surface area contributed by atoms with Crippen LogP contribution < -0.4 is 0 Å². The maximum Gasteiger partial charge on any atom is 0.0890 e. The zero-order chi connectivity index (χ0) is 8.39. The molecular weight excluding hydrogens is 148 g/mol. The van der Waals surface area contributed by atoms with Crippen LogP contribution in [0.5, 0.6) is 0 Å². The molecule has 12 heavy (non-hydrogen) atoms. The van der Waals surface area contributed by atoms with Crippen molar-refractivity contribution in [1.29, 1.82) is 0 Å². The summed E-state index contributed by atoms with van der Waals surface area (Å²) in [6.45, 7) is 1.96. The fraction of sp³-hybridized carbons (Fsp3) is 0.100. The number of rotatable bonds is 1. The average Bonchev–Trinajstić information content (AvgIpc) is 2.17. The third-order valence-corrected chi connectivity index (χ3v) is 1.76. The molecule has 0 amide bonds. The van der Waals surface area contributed by atoms with E-state index >= 15 is 0 Å². The minimum Gasteiger partial charge on any atom is -0.253 e. The predicted molar refractivity (Wildman–Crippen MR) is 48.6 cm³/mol. The highest BCUT2D eigenvalue weighted by Crippen LogP contribution is 2.08. The smallest absolute Gasteiger partial charge is 0.0890 e. The van der Waals surface area contributed by atoms with Crippen molar-refractivity contribution in [3.05, 3.63) is 42.6 Å². The summed E-state index contributed by atoms with van der Waals surface area (Å²) in [6.07, 6.45) is 3.72. The number of hydrogen-bond acceptors (Lipinski definition) is 2. The average molecular weight is 157 g/mol. The number of hydrogen-bond donors (Lipinski definition) is 0. The summed E-state index contributed by atoms with van der Waals surface area (Å²) in [7, 11) is 0. The van der Waals surface area contributed by atoms with E-state index in [0.29, 0.717) is 0 Å². The lowest BCUT2D eigenvalue weighted by Gasteiger charge is -1.97. The Morgan fingerprint density at radius 3 is 2.67 bits per heavy atom. The molecule has 0 saturated carbocycles. The summed E-state index contributed by atoms with van der Waals surface area (Å²) in [5, 5.41) is 0. The lowest BCUT2D eigenvalue weighted by molar-refractivity contribution is 1.19. The summed E-state index contributed by atoms with van der Waals surface area (Å²) >= 11 is 0. The van der Waals surface area contributed by atoms with Crippen LogP contribution in [0.1, 0.15) is 12.6 Å². The van der Waals surface area contributed by atoms with Crippen molar-refractivity contribution >= 4 is 11.0 Å². The molecule has 2 aromatic rings. The Morgan fingerprint density at radius 2 is 1.92 bits per heavy atom. The minimum absolute atomic E-state index is 0.925. The quantitative estimate of drug-likeness (QED) is 0.634. The topological polar surface area (TPSA) is 25.8 Å². The second-order valence-corrected chi connectivity index (χ2v) is 2.57. The molecular formula is C10H9N2. The maximum absolute atomic E-state index is 4.38. The van der Waals surface area contributed by atoms with Crippen LogP contribution in [0.4, 0.5) is 0 Å². The van der Waals surface area contributed by atoms with E-state index in [-0.39, 0.29) is 0 Å². The highest BCUT2D eigenvalue weighted by Gasteiger charge is 1.95. The van der Waals surface area contributed by atoms with E-state index in [1.54, 1.807) is 6.20 Å². The maximum atomic E-state index is 4.38. The van der Waals surface area contributed by atoms with E-state index < -0.39 is 0 Å². The van der Waals surface area contributed by atoms with Crippen LogP contribution >= 0.6 is 0 Å². The second-order valence-electron chi connectivity index (χ2n) is 2.57. The molecule has 1 aromatic carbocycles. The van der Waals surface area contributed by atoms with Crippen molar-refractivity contribution in [3.63, 3.8) is 0 Å². The summed E-state index contributed by atoms with van der Waals surface area (Å²) in [5.41, 5.74) is 2.82. The molecule has 2 nitrogen and oxygen atoms in total. The molecule has 0 saturated heterocycles. The molecule has 1 heterocycles. The molecule has 0 N–H and O–H groups in total. The number of benzene rings is 1. The Labute approximate surface area is 71.3 Å². The fourth-order valence-electron chi connectivity index (χ4n) is 1.11. The zero-order valence-corrected chi connectivity index (χ0v) is 6.86. The van der Waals surface area contributed by atoms with Gasteiger partial charge in [-0.25, -0.2) is 4.98 Å². The van der Waals surface area contributed by atoms with Gasteiger partial charge in [0.2, 0.25) is 0 Å². The van der Waals surface area contributed by atoms with Gasteiger partial charge in [0.1, 0.15) is 0 Å². The standard InChI is InChI=1S/C10H9N2/c1-2-8-7-11-9-5-3-4-6-10(9)12-8/h2-7H,1H3. The molecule has 1 radical (unpaired) electrons. The number of para-hydroxylation sites is 2. The van der Waals surface area contributed by atoms with E-state index in [4.69, 9.17) is 0 Å². The molecule has 2 rings (SSSR count). The van der Waals surface area contributed by atoms with Gasteiger partial charge in [0.05, 0.1) is 16.7 Å². The SMILES string of the molecule is C[CH]c1cnc2ccccc2n1. The zero-order valence-electron chi connectivity index (χ0n) is 6.86. The first kappa shape index (κ1) is 7.22. The van der Waals surface area contributed by atoms with E-state index in [2.05, 4.69) is 9.97 Å². The van der Waals surface area contributed by atoms with Crippen molar-refractivity contribution in [2.45, 2.75) is 6.92 Å². The Hall–Kier alpha value is -1.44. The number of fused-ring (bicyclic) bond motifs is 1. The molecule has 0 unspecified atom stereocenters. The predicted octanol–water partition coefficient (Wildman–Crippen LogP) is 2.20. The Morgan fingerprint density at radius 1 is 1.17 bits per heavy atom. The van der Waals surface area contributed by atoms with E-state index in [1.807, 2.05) is 37.6 Å². The van der Waals surface area contributed by atoms with Crippen LogP contribution in [-0.4, -0.2) is 9.97 Å². The van der Waals surface area contributed by atoms with Gasteiger partial charge in [-0.3, -0.25) is 4.98 Å². The van der Waals surface area contributed by atoms with Crippen LogP contribution in [-0.2, 0) is 0 Å². The third kappa shape index (κ3) is 1.16. The van der Waals surface area contributed by atoms with Crippen molar-refractivity contribution < 1.29 is 0 Å². The van der Waals surface area contributed by atoms with Crippen molar-refractivity contribution in [2.24, 2.45) is 0 Å². The van der Waals surface area contributed by atoms with Gasteiger partial charge in [-0.2, -0.15) is 0 Å². The molecule has 2 heteroatoms. The molecule has 0 aliphatic rings. The summed E-state index contributed by atoms with van der Waals surface area (Å²) in [6, 6.07) is 7.86. The van der Waals surface area contributed by atoms with Crippen molar-refractivity contribution in [1.82, 2.24) is 9.97 Å². The van der Waals surface area contributed by atoms with Crippen LogP contribution in [0.25, 0.3) is 11.0 Å². The summed E-state index contributed by atoms with van der Waals surface area (Å²) < 4.78 is 0. The van der Waals surface area contributed by atoms with Gasteiger partial charge < -0.3 is 0 Å². The van der Waals surface area contributed by atoms with E-state index in [9.17, 15) is 0 Å². The first-order chi connectivity index (χ1) is 5.90. The largest absolute Gasteiger partial charge is 0.253 e.